The largest absolute Gasteiger partial charge is 2.00 e. The van der Waals surface area contributed by atoms with Crippen molar-refractivity contribution in [2.24, 2.45) is 41.4 Å². The van der Waals surface area contributed by atoms with Crippen LogP contribution in [0.5, 0.6) is 0 Å². The van der Waals surface area contributed by atoms with Crippen molar-refractivity contribution in [3.63, 3.8) is 0 Å². The van der Waals surface area contributed by atoms with E-state index in [4.69, 9.17) is 40.9 Å². The van der Waals surface area contributed by atoms with Gasteiger partial charge in [0.15, 0.2) is 25.2 Å². The van der Waals surface area contributed by atoms with Crippen molar-refractivity contribution in [2.45, 2.75) is 115 Å². The van der Waals surface area contributed by atoms with E-state index in [0.29, 0.717) is 12.8 Å². The van der Waals surface area contributed by atoms with Crippen LogP contribution in [0, 0.1) is 41.4 Å². The normalized spacial score (nSPS) is 22.6. The number of nitrogens with two attached hydrogens (primary N) is 1. The van der Waals surface area contributed by atoms with E-state index in [1.807, 2.05) is 6.20 Å². The summed E-state index contributed by atoms with van der Waals surface area (Å²) >= 11 is 0. The Morgan fingerprint density at radius 2 is 0.710 bits per heavy atom. The number of nitrogens with zero attached hydrogens (tertiary/aromatic N) is 4. The molecule has 352 valence electrons. The van der Waals surface area contributed by atoms with E-state index >= 15 is 0 Å². The Balaban J connectivity index is -0.0000000500. The van der Waals surface area contributed by atoms with Gasteiger partial charge in [-0.2, -0.15) is 6.20 Å². The van der Waals surface area contributed by atoms with Crippen LogP contribution in [0.3, 0.4) is 0 Å². The quantitative estimate of drug-likeness (QED) is 0.119. The van der Waals surface area contributed by atoms with Crippen molar-refractivity contribution in [2.75, 3.05) is 45.8 Å². The molecular weight excluding hydrogens is 1420 g/mol. The fourth-order valence-electron chi connectivity index (χ4n) is 7.91. The molecule has 4 heterocycles. The second kappa shape index (κ2) is 57.6. The number of aliphatic hydroxyl groups is 8. The van der Waals surface area contributed by atoms with Gasteiger partial charge in [0.25, 0.3) is 0 Å². The molecule has 6 aliphatic rings. The minimum atomic E-state index is -1.31. The van der Waals surface area contributed by atoms with Crippen molar-refractivity contribution < 1.29 is 243 Å². The van der Waals surface area contributed by atoms with Crippen molar-refractivity contribution in [3.05, 3.63) is 51.3 Å². The van der Waals surface area contributed by atoms with Gasteiger partial charge in [0.2, 0.25) is 0 Å². The van der Waals surface area contributed by atoms with Gasteiger partial charge in [-0.25, -0.2) is 0 Å². The predicted molar refractivity (Wildman–Crippen MR) is 217 cm³/mol. The van der Waals surface area contributed by atoms with E-state index in [9.17, 15) is 0 Å². The molecular formula is C36H80Cd6N5O15-. The molecule has 26 heteroatoms. The molecule has 3 saturated heterocycles. The zero-order chi connectivity index (χ0) is 34.7. The Bertz CT molecular complexity index is 859. The van der Waals surface area contributed by atoms with E-state index in [0.717, 1.165) is 102 Å². The standard InChI is InChI=1S/C10H18N2.C10H14N2.2C8H16O4.6Cd.H2N.7H2O/c2*1-5-11-6-2-9(1)10-3-7-12-8-4-10;2*9-7(10)5-2-1-3-6(4-5)8(11)12;;;;;;;;;;;;;;/h9-10H,1-8H2;1-2,5,10H,3-4,6-8H2;2*5-12H,1-4H2;;;;;;;8*1H2/q2*-2;;;;;;;2*+2;-1;;;;;;;. The second-order valence-corrected chi connectivity index (χ2v) is 14.4. The number of aliphatic hydroxyl groups excluding tert-OH is 4. The summed E-state index contributed by atoms with van der Waals surface area (Å²) in [4.78, 5) is 0. The van der Waals surface area contributed by atoms with Crippen molar-refractivity contribution in [1.29, 1.82) is 0 Å². The number of piperidine rings is 3. The Labute approximate surface area is 490 Å². The molecule has 20 nitrogen and oxygen atoms in total. The van der Waals surface area contributed by atoms with Crippen LogP contribution in [-0.4, -0.2) is 150 Å². The number of rotatable bonds is 6. The monoisotopic (exact) mass is 1510 g/mol. The predicted octanol–water partition coefficient (Wildman–Crippen LogP) is -1.09. The molecule has 5 fully saturated rings. The maximum Gasteiger partial charge on any atom is 2.00 e. The van der Waals surface area contributed by atoms with Crippen LogP contribution in [-0.2, 0) is 164 Å². The molecule has 24 N–H and O–H groups in total. The summed E-state index contributed by atoms with van der Waals surface area (Å²) in [6, 6.07) is 0. The third kappa shape index (κ3) is 39.7. The van der Waals surface area contributed by atoms with Crippen LogP contribution in [0.15, 0.2) is 23.9 Å². The van der Waals surface area contributed by atoms with Gasteiger partial charge in [-0.3, -0.25) is 0 Å². The minimum absolute atomic E-state index is 0. The Hall–Kier alpha value is 4.05. The molecule has 0 amide bonds. The third-order valence-corrected chi connectivity index (χ3v) is 11.0. The third-order valence-electron chi connectivity index (χ3n) is 11.0. The Morgan fingerprint density at radius 1 is 0.435 bits per heavy atom. The second-order valence-electron chi connectivity index (χ2n) is 14.4. The Morgan fingerprint density at radius 3 is 0.952 bits per heavy atom. The van der Waals surface area contributed by atoms with Crippen molar-refractivity contribution in [1.82, 2.24) is 0 Å². The van der Waals surface area contributed by atoms with Gasteiger partial charge in [0, 0.05) is 133 Å². The average Bonchev–Trinajstić information content (AvgIpc) is 3.14. The number of allylic oxidation sites excluding steroid dienone is 2. The first-order chi connectivity index (χ1) is 23.2. The molecule has 4 unspecified atom stereocenters. The van der Waals surface area contributed by atoms with Crippen LogP contribution in [0.25, 0.3) is 27.4 Å². The van der Waals surface area contributed by atoms with E-state index in [2.05, 4.69) is 33.4 Å². The van der Waals surface area contributed by atoms with Crippen molar-refractivity contribution in [3.8, 4) is 0 Å². The minimum Gasteiger partial charge on any atom is -0.693 e. The molecule has 0 aromatic rings. The van der Waals surface area contributed by atoms with Crippen LogP contribution in [0.1, 0.15) is 89.9 Å². The SMILES string of the molecule is C1=CC(C2CC[N-]CC2)=CC[N-]1.C1CC(C2CC[N-]CC2)CC[N-]1.O.O.O.O.O.O.O.OC(O)C1CCCC(C(O)O)C1.OC(O)C1CCCC(C(O)O)C1.[Cd+2].[Cd+2].[Cd].[Cd].[Cd].[Cd].[NH2-]. The maximum atomic E-state index is 8.87. The summed E-state index contributed by atoms with van der Waals surface area (Å²) in [7, 11) is 0. The molecule has 2 aliphatic carbocycles. The van der Waals surface area contributed by atoms with Gasteiger partial charge < -0.3 is 107 Å². The zero-order valence-corrected chi connectivity index (χ0v) is 61.3. The fraction of sp³-hybridized carbons (Fsp3) is 0.889. The smallest absolute Gasteiger partial charge is 0.693 e. The van der Waals surface area contributed by atoms with E-state index < -0.39 is 25.2 Å². The zero-order valence-electron chi connectivity index (χ0n) is 37.1. The molecule has 0 aromatic heterocycles. The summed E-state index contributed by atoms with van der Waals surface area (Å²) in [6.45, 7) is 7.46. The first-order valence-corrected chi connectivity index (χ1v) is 18.5. The van der Waals surface area contributed by atoms with Crippen LogP contribution >= 0.6 is 0 Å². The summed E-state index contributed by atoms with van der Waals surface area (Å²) < 4.78 is 0. The summed E-state index contributed by atoms with van der Waals surface area (Å²) in [5.74, 6) is 1.97. The molecule has 0 radical (unpaired) electrons. The van der Waals surface area contributed by atoms with Crippen molar-refractivity contribution >= 4 is 0 Å². The van der Waals surface area contributed by atoms with Crippen LogP contribution in [0.4, 0.5) is 0 Å². The Kier molecular flexibility index (Phi) is 88.9. The number of hydrogen-bond donors (Lipinski definition) is 8. The molecule has 2 saturated carbocycles. The average molecular weight is 1500 g/mol. The first-order valence-electron chi connectivity index (χ1n) is 18.5. The molecule has 4 aliphatic heterocycles. The van der Waals surface area contributed by atoms with E-state index in [1.165, 1.54) is 44.1 Å². The number of hydrogen-bond acceptors (Lipinski definition) is 8. The topological polar surface area (TPSA) is 472 Å². The van der Waals surface area contributed by atoms with Gasteiger partial charge in [-0.15, -0.1) is 45.8 Å². The van der Waals surface area contributed by atoms with Gasteiger partial charge in [0.05, 0.1) is 0 Å². The summed E-state index contributed by atoms with van der Waals surface area (Å²) in [5, 5.41) is 88.2. The maximum absolute atomic E-state index is 8.87. The van der Waals surface area contributed by atoms with Gasteiger partial charge >= 0.3 is 54.6 Å². The van der Waals surface area contributed by atoms with Gasteiger partial charge in [-0.1, -0.05) is 69.1 Å². The summed E-state index contributed by atoms with van der Waals surface area (Å²) in [5.41, 5.74) is 1.49. The van der Waals surface area contributed by atoms with E-state index in [1.54, 1.807) is 0 Å². The van der Waals surface area contributed by atoms with E-state index in [-0.39, 0.29) is 232 Å². The van der Waals surface area contributed by atoms with Gasteiger partial charge in [-0.05, 0) is 56.3 Å². The molecule has 62 heavy (non-hydrogen) atoms. The van der Waals surface area contributed by atoms with Gasteiger partial charge in [0.1, 0.15) is 0 Å². The molecule has 4 atom stereocenters. The molecule has 0 spiro atoms. The summed E-state index contributed by atoms with van der Waals surface area (Å²) in [6.07, 6.45) is 14.7. The first kappa shape index (κ1) is 95.7. The van der Waals surface area contributed by atoms with Crippen LogP contribution < -0.4 is 0 Å². The molecule has 0 aromatic carbocycles. The molecule has 0 bridgehead atoms. The van der Waals surface area contributed by atoms with Crippen LogP contribution in [0.2, 0.25) is 0 Å². The fourth-order valence-corrected chi connectivity index (χ4v) is 7.91. The molecule has 6 rings (SSSR count).